The highest BCUT2D eigenvalue weighted by molar-refractivity contribution is 5.68. The van der Waals surface area contributed by atoms with Crippen LogP contribution in [0.1, 0.15) is 25.5 Å². The maximum Gasteiger partial charge on any atom is 0.409 e. The van der Waals surface area contributed by atoms with Crippen LogP contribution >= 0.6 is 0 Å². The molecule has 1 aromatic rings. The molecule has 0 saturated carbocycles. The summed E-state index contributed by atoms with van der Waals surface area (Å²) in [5.41, 5.74) is 1.17. The number of piperazine rings is 1. The number of amides is 1. The van der Waals surface area contributed by atoms with Crippen molar-refractivity contribution >= 4 is 11.9 Å². The average Bonchev–Trinajstić information content (AvgIpc) is 2.54. The van der Waals surface area contributed by atoms with Crippen molar-refractivity contribution in [2.75, 3.05) is 44.7 Å². The smallest absolute Gasteiger partial charge is 0.409 e. The molecule has 6 heteroatoms. The standard InChI is InChI=1S/C15H24N4O2/c1-4-21-15(20)19-9-7-18(8-10-19)14-6-5-13(11-17-14)12(2)16-3/h5-6,11-12,16H,4,7-10H2,1-3H3. The van der Waals surface area contributed by atoms with Crippen molar-refractivity contribution in [3.05, 3.63) is 23.9 Å². The third kappa shape index (κ3) is 3.85. The summed E-state index contributed by atoms with van der Waals surface area (Å²) in [6.45, 7) is 7.27. The van der Waals surface area contributed by atoms with Crippen LogP contribution in [0.3, 0.4) is 0 Å². The van der Waals surface area contributed by atoms with E-state index < -0.39 is 0 Å². The lowest BCUT2D eigenvalue weighted by atomic mass is 10.1. The number of aromatic nitrogens is 1. The van der Waals surface area contributed by atoms with Crippen LogP contribution in [0.4, 0.5) is 10.6 Å². The Hall–Kier alpha value is -1.82. The zero-order valence-corrected chi connectivity index (χ0v) is 13.0. The number of ether oxygens (including phenoxy) is 1. The molecule has 6 nitrogen and oxygen atoms in total. The molecule has 1 aliphatic rings. The predicted octanol–water partition coefficient (Wildman–Crippen LogP) is 1.64. The normalized spacial score (nSPS) is 16.7. The molecule has 1 aliphatic heterocycles. The summed E-state index contributed by atoms with van der Waals surface area (Å²) in [7, 11) is 1.94. The van der Waals surface area contributed by atoms with Gasteiger partial charge < -0.3 is 19.9 Å². The summed E-state index contributed by atoms with van der Waals surface area (Å²) in [5, 5.41) is 3.20. The van der Waals surface area contributed by atoms with Gasteiger partial charge in [0.25, 0.3) is 0 Å². The lowest BCUT2D eigenvalue weighted by Gasteiger charge is -2.34. The Morgan fingerprint density at radius 2 is 2.10 bits per heavy atom. The number of carbonyl (C=O) groups excluding carboxylic acids is 1. The van der Waals surface area contributed by atoms with E-state index in [9.17, 15) is 4.79 Å². The van der Waals surface area contributed by atoms with Crippen molar-refractivity contribution in [1.82, 2.24) is 15.2 Å². The van der Waals surface area contributed by atoms with E-state index in [4.69, 9.17) is 4.74 Å². The van der Waals surface area contributed by atoms with Crippen LogP contribution in [0.25, 0.3) is 0 Å². The van der Waals surface area contributed by atoms with Gasteiger partial charge in [-0.15, -0.1) is 0 Å². The Bertz CT molecular complexity index is 455. The fraction of sp³-hybridized carbons (Fsp3) is 0.600. The molecule has 0 aliphatic carbocycles. The minimum Gasteiger partial charge on any atom is -0.450 e. The van der Waals surface area contributed by atoms with Gasteiger partial charge in [0.2, 0.25) is 0 Å². The summed E-state index contributed by atoms with van der Waals surface area (Å²) in [5.74, 6) is 0.963. The van der Waals surface area contributed by atoms with E-state index in [1.165, 1.54) is 5.56 Å². The molecule has 116 valence electrons. The van der Waals surface area contributed by atoms with E-state index >= 15 is 0 Å². The average molecular weight is 292 g/mol. The molecule has 21 heavy (non-hydrogen) atoms. The molecule has 2 heterocycles. The summed E-state index contributed by atoms with van der Waals surface area (Å²) in [6.07, 6.45) is 1.69. The van der Waals surface area contributed by atoms with Gasteiger partial charge in [-0.3, -0.25) is 0 Å². The highest BCUT2D eigenvalue weighted by Crippen LogP contribution is 2.17. The maximum absolute atomic E-state index is 11.7. The molecular formula is C15H24N4O2. The van der Waals surface area contributed by atoms with E-state index in [-0.39, 0.29) is 6.09 Å². The second kappa shape index (κ2) is 7.26. The fourth-order valence-electron chi connectivity index (χ4n) is 2.34. The van der Waals surface area contributed by atoms with Crippen molar-refractivity contribution in [2.24, 2.45) is 0 Å². The topological polar surface area (TPSA) is 57.7 Å². The van der Waals surface area contributed by atoms with Crippen molar-refractivity contribution in [2.45, 2.75) is 19.9 Å². The molecule has 1 atom stereocenters. The van der Waals surface area contributed by atoms with Crippen molar-refractivity contribution in [3.63, 3.8) is 0 Å². The van der Waals surface area contributed by atoms with Gasteiger partial charge in [0.15, 0.2) is 0 Å². The van der Waals surface area contributed by atoms with E-state index in [1.54, 1.807) is 4.90 Å². The van der Waals surface area contributed by atoms with Gasteiger partial charge in [-0.2, -0.15) is 0 Å². The minimum atomic E-state index is -0.219. The fourth-order valence-corrected chi connectivity index (χ4v) is 2.34. The van der Waals surface area contributed by atoms with Gasteiger partial charge in [0, 0.05) is 38.4 Å². The van der Waals surface area contributed by atoms with Gasteiger partial charge in [0.05, 0.1) is 6.61 Å². The molecule has 1 amide bonds. The summed E-state index contributed by atoms with van der Waals surface area (Å²) in [4.78, 5) is 20.1. The van der Waals surface area contributed by atoms with Gasteiger partial charge in [-0.05, 0) is 32.5 Å². The zero-order valence-electron chi connectivity index (χ0n) is 13.0. The van der Waals surface area contributed by atoms with Crippen LogP contribution < -0.4 is 10.2 Å². The predicted molar refractivity (Wildman–Crippen MR) is 82.5 cm³/mol. The first-order valence-electron chi connectivity index (χ1n) is 7.45. The lowest BCUT2D eigenvalue weighted by molar-refractivity contribution is 0.105. The van der Waals surface area contributed by atoms with Gasteiger partial charge in [-0.25, -0.2) is 9.78 Å². The lowest BCUT2D eigenvalue weighted by Crippen LogP contribution is -2.49. The zero-order chi connectivity index (χ0) is 15.2. The van der Waals surface area contributed by atoms with Crippen molar-refractivity contribution in [3.8, 4) is 0 Å². The number of rotatable bonds is 4. The molecule has 1 saturated heterocycles. The van der Waals surface area contributed by atoms with E-state index in [0.717, 1.165) is 18.9 Å². The van der Waals surface area contributed by atoms with Crippen LogP contribution in [-0.4, -0.2) is 55.8 Å². The first-order chi connectivity index (χ1) is 10.2. The number of anilines is 1. The van der Waals surface area contributed by atoms with E-state index in [2.05, 4.69) is 28.2 Å². The molecule has 0 bridgehead atoms. The summed E-state index contributed by atoms with van der Waals surface area (Å²) in [6, 6.07) is 4.44. The third-order valence-electron chi connectivity index (χ3n) is 3.83. The molecule has 1 fully saturated rings. The largest absolute Gasteiger partial charge is 0.450 e. The summed E-state index contributed by atoms with van der Waals surface area (Å²) >= 11 is 0. The number of nitrogens with zero attached hydrogens (tertiary/aromatic N) is 3. The maximum atomic E-state index is 11.7. The Morgan fingerprint density at radius 3 is 2.62 bits per heavy atom. The Balaban J connectivity index is 1.91. The second-order valence-electron chi connectivity index (χ2n) is 5.13. The first kappa shape index (κ1) is 15.6. The summed E-state index contributed by atoms with van der Waals surface area (Å²) < 4.78 is 5.02. The van der Waals surface area contributed by atoms with E-state index in [1.807, 2.05) is 26.2 Å². The van der Waals surface area contributed by atoms with Gasteiger partial charge in [-0.1, -0.05) is 6.07 Å². The number of hydrogen-bond donors (Lipinski definition) is 1. The third-order valence-corrected chi connectivity index (χ3v) is 3.83. The quantitative estimate of drug-likeness (QED) is 0.914. The molecule has 2 rings (SSSR count). The van der Waals surface area contributed by atoms with Crippen LogP contribution in [0.15, 0.2) is 18.3 Å². The van der Waals surface area contributed by atoms with Crippen LogP contribution in [0, 0.1) is 0 Å². The Morgan fingerprint density at radius 1 is 1.38 bits per heavy atom. The highest BCUT2D eigenvalue weighted by atomic mass is 16.6. The number of hydrogen-bond acceptors (Lipinski definition) is 5. The molecule has 1 N–H and O–H groups in total. The molecule has 0 spiro atoms. The molecule has 0 radical (unpaired) electrons. The Labute approximate surface area is 126 Å². The van der Waals surface area contributed by atoms with Crippen LogP contribution in [0.2, 0.25) is 0 Å². The first-order valence-corrected chi connectivity index (χ1v) is 7.45. The molecule has 1 aromatic heterocycles. The Kier molecular flexibility index (Phi) is 5.38. The van der Waals surface area contributed by atoms with Crippen LogP contribution in [0.5, 0.6) is 0 Å². The van der Waals surface area contributed by atoms with Gasteiger partial charge >= 0.3 is 6.09 Å². The monoisotopic (exact) mass is 292 g/mol. The van der Waals surface area contributed by atoms with Gasteiger partial charge in [0.1, 0.15) is 5.82 Å². The second-order valence-corrected chi connectivity index (χ2v) is 5.13. The SMILES string of the molecule is CCOC(=O)N1CCN(c2ccc(C(C)NC)cn2)CC1. The molecular weight excluding hydrogens is 268 g/mol. The molecule has 1 unspecified atom stereocenters. The molecule has 0 aromatic carbocycles. The number of pyridine rings is 1. The van der Waals surface area contributed by atoms with E-state index in [0.29, 0.717) is 25.7 Å². The van der Waals surface area contributed by atoms with Crippen LogP contribution in [-0.2, 0) is 4.74 Å². The highest BCUT2D eigenvalue weighted by Gasteiger charge is 2.22. The number of nitrogens with one attached hydrogen (secondary N) is 1. The minimum absolute atomic E-state index is 0.219. The van der Waals surface area contributed by atoms with Crippen molar-refractivity contribution in [1.29, 1.82) is 0 Å². The number of carbonyl (C=O) groups is 1. The van der Waals surface area contributed by atoms with Crippen molar-refractivity contribution < 1.29 is 9.53 Å².